The van der Waals surface area contributed by atoms with E-state index in [2.05, 4.69) is 39.0 Å². The first kappa shape index (κ1) is 17.9. The predicted molar refractivity (Wildman–Crippen MR) is 99.6 cm³/mol. The molecule has 0 spiro atoms. The highest BCUT2D eigenvalue weighted by molar-refractivity contribution is 5.39. The van der Waals surface area contributed by atoms with Gasteiger partial charge in [0.2, 0.25) is 11.8 Å². The van der Waals surface area contributed by atoms with Crippen LogP contribution in [0, 0.1) is 12.8 Å². The maximum Gasteiger partial charge on any atom is 0.240 e. The van der Waals surface area contributed by atoms with Gasteiger partial charge in [-0.3, -0.25) is 4.90 Å². The fourth-order valence-electron chi connectivity index (χ4n) is 3.33. The van der Waals surface area contributed by atoms with Gasteiger partial charge in [-0.25, -0.2) is 9.50 Å². The van der Waals surface area contributed by atoms with E-state index in [-0.39, 0.29) is 0 Å². The molecule has 0 N–H and O–H groups in total. The molecule has 4 heterocycles. The first-order valence-corrected chi connectivity index (χ1v) is 9.57. The second-order valence-corrected chi connectivity index (χ2v) is 7.59. The molecule has 0 bridgehead atoms. The van der Waals surface area contributed by atoms with Crippen molar-refractivity contribution in [1.82, 2.24) is 29.6 Å². The molecule has 27 heavy (non-hydrogen) atoms. The molecular formula is C19H26N6O2. The molecule has 8 nitrogen and oxygen atoms in total. The molecule has 3 aromatic rings. The Labute approximate surface area is 158 Å². The minimum atomic E-state index is 0.296. The van der Waals surface area contributed by atoms with Crippen LogP contribution in [0.15, 0.2) is 22.9 Å². The number of likely N-dealkylation sites (tertiary alicyclic amines) is 1. The predicted octanol–water partition coefficient (Wildman–Crippen LogP) is 2.84. The van der Waals surface area contributed by atoms with E-state index < -0.39 is 0 Å². The summed E-state index contributed by atoms with van der Waals surface area (Å²) in [6, 6.07) is 3.83. The van der Waals surface area contributed by atoms with Gasteiger partial charge in [0.05, 0.1) is 25.0 Å². The van der Waals surface area contributed by atoms with Crippen molar-refractivity contribution < 1.29 is 9.26 Å². The van der Waals surface area contributed by atoms with Gasteiger partial charge in [-0.2, -0.15) is 4.98 Å². The Hall–Kier alpha value is -2.48. The fraction of sp³-hybridized carbons (Fsp3) is 0.579. The van der Waals surface area contributed by atoms with E-state index >= 15 is 0 Å². The topological polar surface area (TPSA) is 81.6 Å². The smallest absolute Gasteiger partial charge is 0.240 e. The monoisotopic (exact) mass is 370 g/mol. The van der Waals surface area contributed by atoms with Crippen LogP contribution in [0.2, 0.25) is 0 Å². The molecule has 1 aliphatic heterocycles. The van der Waals surface area contributed by atoms with Crippen LogP contribution < -0.4 is 4.74 Å². The molecule has 0 unspecified atom stereocenters. The molecular weight excluding hydrogens is 344 g/mol. The van der Waals surface area contributed by atoms with Crippen molar-refractivity contribution in [3.63, 3.8) is 0 Å². The fourth-order valence-corrected chi connectivity index (χ4v) is 3.33. The zero-order valence-corrected chi connectivity index (χ0v) is 16.1. The third-order valence-corrected chi connectivity index (χ3v) is 4.95. The number of ether oxygens (including phenoxy) is 1. The quantitative estimate of drug-likeness (QED) is 0.660. The molecule has 3 aromatic heterocycles. The number of imidazole rings is 1. The summed E-state index contributed by atoms with van der Waals surface area (Å²) in [6.45, 7) is 9.55. The zero-order valence-electron chi connectivity index (χ0n) is 16.1. The van der Waals surface area contributed by atoms with Crippen LogP contribution in [0.4, 0.5) is 0 Å². The summed E-state index contributed by atoms with van der Waals surface area (Å²) in [7, 11) is 0. The SMILES string of the molecule is Cc1cn2nc(OCC3CCN(Cc4nc(C(C)C)no4)CC3)ccc2n1. The molecule has 0 amide bonds. The first-order valence-electron chi connectivity index (χ1n) is 9.57. The van der Waals surface area contributed by atoms with E-state index in [1.54, 1.807) is 4.52 Å². The van der Waals surface area contributed by atoms with Crippen LogP contribution in [0.1, 0.15) is 50.0 Å². The van der Waals surface area contributed by atoms with Crippen molar-refractivity contribution in [3.05, 3.63) is 35.7 Å². The lowest BCUT2D eigenvalue weighted by molar-refractivity contribution is 0.124. The second kappa shape index (κ2) is 7.64. The van der Waals surface area contributed by atoms with Crippen molar-refractivity contribution in [2.75, 3.05) is 19.7 Å². The molecule has 1 saturated heterocycles. The Morgan fingerprint density at radius 1 is 1.22 bits per heavy atom. The van der Waals surface area contributed by atoms with Crippen molar-refractivity contribution >= 4 is 5.65 Å². The van der Waals surface area contributed by atoms with Crippen molar-refractivity contribution in [1.29, 1.82) is 0 Å². The van der Waals surface area contributed by atoms with Crippen molar-refractivity contribution in [2.45, 2.75) is 46.1 Å². The molecule has 0 aliphatic carbocycles. The molecule has 0 aromatic carbocycles. The van der Waals surface area contributed by atoms with Crippen molar-refractivity contribution in [2.24, 2.45) is 5.92 Å². The standard InChI is InChI=1S/C19H26N6O2/c1-13(2)19-21-18(27-23-19)11-24-8-6-15(7-9-24)12-26-17-5-4-16-20-14(3)10-25(16)22-17/h4-5,10,13,15H,6-9,11-12H2,1-3H3. The van der Waals surface area contributed by atoms with Crippen LogP contribution in [0.5, 0.6) is 5.88 Å². The van der Waals surface area contributed by atoms with Gasteiger partial charge in [-0.1, -0.05) is 19.0 Å². The van der Waals surface area contributed by atoms with Gasteiger partial charge in [0.25, 0.3) is 0 Å². The highest BCUT2D eigenvalue weighted by Crippen LogP contribution is 2.20. The molecule has 0 saturated carbocycles. The van der Waals surface area contributed by atoms with Crippen LogP contribution in [0.3, 0.4) is 0 Å². The number of hydrogen-bond acceptors (Lipinski definition) is 7. The molecule has 8 heteroatoms. The molecule has 4 rings (SSSR count). The summed E-state index contributed by atoms with van der Waals surface area (Å²) in [5.74, 6) is 2.98. The molecule has 1 fully saturated rings. The van der Waals surface area contributed by atoms with Gasteiger partial charge in [-0.05, 0) is 44.8 Å². The Kier molecular flexibility index (Phi) is 5.07. The summed E-state index contributed by atoms with van der Waals surface area (Å²) in [6.07, 6.45) is 4.10. The van der Waals surface area contributed by atoms with E-state index in [0.29, 0.717) is 30.2 Å². The van der Waals surface area contributed by atoms with Gasteiger partial charge >= 0.3 is 0 Å². The Morgan fingerprint density at radius 2 is 2.04 bits per heavy atom. The Bertz CT molecular complexity index is 895. The Morgan fingerprint density at radius 3 is 2.78 bits per heavy atom. The minimum Gasteiger partial charge on any atom is -0.476 e. The number of rotatable bonds is 6. The largest absolute Gasteiger partial charge is 0.476 e. The third-order valence-electron chi connectivity index (χ3n) is 4.95. The maximum atomic E-state index is 5.93. The minimum absolute atomic E-state index is 0.296. The number of aryl methyl sites for hydroxylation is 1. The lowest BCUT2D eigenvalue weighted by atomic mass is 9.98. The second-order valence-electron chi connectivity index (χ2n) is 7.59. The number of piperidine rings is 1. The molecule has 0 atom stereocenters. The van der Waals surface area contributed by atoms with E-state index in [4.69, 9.17) is 9.26 Å². The van der Waals surface area contributed by atoms with Crippen LogP contribution in [-0.4, -0.2) is 49.3 Å². The van der Waals surface area contributed by atoms with Gasteiger partial charge in [0, 0.05) is 12.0 Å². The van der Waals surface area contributed by atoms with Gasteiger partial charge < -0.3 is 9.26 Å². The van der Waals surface area contributed by atoms with Crippen LogP contribution in [-0.2, 0) is 6.54 Å². The van der Waals surface area contributed by atoms with E-state index in [1.165, 1.54) is 0 Å². The van der Waals surface area contributed by atoms with E-state index in [9.17, 15) is 0 Å². The van der Waals surface area contributed by atoms with Crippen LogP contribution >= 0.6 is 0 Å². The highest BCUT2D eigenvalue weighted by atomic mass is 16.5. The summed E-state index contributed by atoms with van der Waals surface area (Å²) in [5.41, 5.74) is 1.79. The van der Waals surface area contributed by atoms with Crippen LogP contribution in [0.25, 0.3) is 5.65 Å². The lowest BCUT2D eigenvalue weighted by Crippen LogP contribution is -2.35. The third kappa shape index (κ3) is 4.27. The summed E-state index contributed by atoms with van der Waals surface area (Å²) in [5, 5.41) is 8.50. The zero-order chi connectivity index (χ0) is 18.8. The van der Waals surface area contributed by atoms with Gasteiger partial charge in [0.1, 0.15) is 0 Å². The average Bonchev–Trinajstić information content (AvgIpc) is 3.26. The summed E-state index contributed by atoms with van der Waals surface area (Å²) >= 11 is 0. The van der Waals surface area contributed by atoms with Crippen molar-refractivity contribution in [3.8, 4) is 5.88 Å². The molecule has 144 valence electrons. The first-order chi connectivity index (χ1) is 13.1. The van der Waals surface area contributed by atoms with E-state index in [0.717, 1.165) is 49.6 Å². The summed E-state index contributed by atoms with van der Waals surface area (Å²) in [4.78, 5) is 11.2. The lowest BCUT2D eigenvalue weighted by Gasteiger charge is -2.30. The maximum absolute atomic E-state index is 5.93. The number of fused-ring (bicyclic) bond motifs is 1. The van der Waals surface area contributed by atoms with E-state index in [1.807, 2.05) is 25.3 Å². The highest BCUT2D eigenvalue weighted by Gasteiger charge is 2.22. The number of nitrogens with zero attached hydrogens (tertiary/aromatic N) is 6. The van der Waals surface area contributed by atoms with Gasteiger partial charge in [-0.15, -0.1) is 5.10 Å². The summed E-state index contributed by atoms with van der Waals surface area (Å²) < 4.78 is 13.0. The molecule has 0 radical (unpaired) electrons. The number of aromatic nitrogens is 5. The molecule has 1 aliphatic rings. The Balaban J connectivity index is 1.25. The average molecular weight is 370 g/mol. The van der Waals surface area contributed by atoms with Gasteiger partial charge in [0.15, 0.2) is 11.5 Å². The normalized spacial score (nSPS) is 16.4. The number of hydrogen-bond donors (Lipinski definition) is 0.